The molecule has 2 unspecified atom stereocenters. The van der Waals surface area contributed by atoms with Gasteiger partial charge >= 0.3 is 23.9 Å². The van der Waals surface area contributed by atoms with Gasteiger partial charge in [-0.1, -0.05) is 13.5 Å². The van der Waals surface area contributed by atoms with E-state index in [1.807, 2.05) is 0 Å². The fourth-order valence-corrected chi connectivity index (χ4v) is 1.69. The number of rotatable bonds is 3. The summed E-state index contributed by atoms with van der Waals surface area (Å²) < 4.78 is 73.5. The van der Waals surface area contributed by atoms with E-state index in [0.717, 1.165) is 6.92 Å². The number of carbonyl (C=O) groups excluding carboxylic acids is 1. The predicted octanol–water partition coefficient (Wildman–Crippen LogP) is 1.78. The molecule has 0 aliphatic carbocycles. The zero-order valence-corrected chi connectivity index (χ0v) is 9.76. The van der Waals surface area contributed by atoms with Gasteiger partial charge in [-0.2, -0.15) is 22.0 Å². The van der Waals surface area contributed by atoms with Crippen molar-refractivity contribution in [1.82, 2.24) is 0 Å². The molecule has 0 spiro atoms. The average Bonchev–Trinajstić information content (AvgIpc) is 2.50. The van der Waals surface area contributed by atoms with Crippen LogP contribution in [0.2, 0.25) is 0 Å². The van der Waals surface area contributed by atoms with Crippen LogP contribution in [-0.2, 0) is 14.3 Å². The van der Waals surface area contributed by atoms with Gasteiger partial charge in [0, 0.05) is 6.08 Å². The molecule has 0 amide bonds. The van der Waals surface area contributed by atoms with Crippen LogP contribution in [0.15, 0.2) is 12.7 Å². The smallest absolute Gasteiger partial charge is 0.447 e. The highest BCUT2D eigenvalue weighted by molar-refractivity contribution is 5.81. The van der Waals surface area contributed by atoms with E-state index in [9.17, 15) is 26.7 Å². The molecule has 0 aromatic rings. The Balaban J connectivity index is 3.26. The Bertz CT molecular complexity index is 394. The first kappa shape index (κ1) is 15.8. The second kappa shape index (κ2) is 4.41. The molecule has 19 heavy (non-hydrogen) atoms. The third kappa shape index (κ3) is 2.00. The second-order valence-electron chi connectivity index (χ2n) is 3.98. The molecule has 1 saturated heterocycles. The minimum absolute atomic E-state index is 0.526. The van der Waals surface area contributed by atoms with Crippen molar-refractivity contribution in [3.8, 4) is 0 Å². The Morgan fingerprint density at radius 3 is 2.37 bits per heavy atom. The van der Waals surface area contributed by atoms with Crippen LogP contribution in [-0.4, -0.2) is 41.2 Å². The molecular formula is C10H11F5O4. The summed E-state index contributed by atoms with van der Waals surface area (Å²) in [6, 6.07) is 0. The first-order valence-electron chi connectivity index (χ1n) is 5.13. The summed E-state index contributed by atoms with van der Waals surface area (Å²) >= 11 is 0. The Morgan fingerprint density at radius 2 is 2.05 bits per heavy atom. The fraction of sp³-hybridized carbons (Fsp3) is 0.700. The monoisotopic (exact) mass is 290 g/mol. The van der Waals surface area contributed by atoms with E-state index in [2.05, 4.69) is 16.1 Å². The number of ether oxygens (including phenoxy) is 2. The maximum absolute atomic E-state index is 13.9. The summed E-state index contributed by atoms with van der Waals surface area (Å²) in [4.78, 5) is 11.0. The lowest BCUT2D eigenvalue weighted by molar-refractivity contribution is -0.409. The summed E-state index contributed by atoms with van der Waals surface area (Å²) in [6.07, 6.45) is -5.90. The van der Waals surface area contributed by atoms with Gasteiger partial charge in [0.25, 0.3) is 0 Å². The Hall–Kier alpha value is -1.22. The van der Waals surface area contributed by atoms with Crippen LogP contribution in [0.4, 0.5) is 22.0 Å². The van der Waals surface area contributed by atoms with E-state index < -0.39 is 42.5 Å². The number of aliphatic hydroxyl groups is 1. The Kier molecular flexibility index (Phi) is 3.68. The van der Waals surface area contributed by atoms with Crippen molar-refractivity contribution in [2.75, 3.05) is 6.61 Å². The molecule has 9 heteroatoms. The number of halogens is 5. The largest absolute Gasteiger partial charge is 0.449 e. The zero-order valence-electron chi connectivity index (χ0n) is 9.76. The zero-order chi connectivity index (χ0) is 15.1. The molecule has 1 fully saturated rings. The molecule has 0 bridgehead atoms. The molecule has 1 N–H and O–H groups in total. The van der Waals surface area contributed by atoms with E-state index in [4.69, 9.17) is 5.11 Å². The summed E-state index contributed by atoms with van der Waals surface area (Å²) in [5.41, 5.74) is -2.90. The van der Waals surface area contributed by atoms with Gasteiger partial charge in [0.15, 0.2) is 0 Å². The highest BCUT2D eigenvalue weighted by Crippen LogP contribution is 2.55. The van der Waals surface area contributed by atoms with Crippen molar-refractivity contribution in [2.24, 2.45) is 0 Å². The van der Waals surface area contributed by atoms with Gasteiger partial charge in [-0.05, 0) is 6.42 Å². The summed E-state index contributed by atoms with van der Waals surface area (Å²) in [5, 5.41) is 9.09. The van der Waals surface area contributed by atoms with Crippen molar-refractivity contribution in [1.29, 1.82) is 0 Å². The van der Waals surface area contributed by atoms with Gasteiger partial charge < -0.3 is 14.6 Å². The Labute approximate surface area is 104 Å². The SMILES string of the molecule is C=CC(=O)OC1(CC)COC(O)(C(F)(F)F)C1(F)F. The molecule has 0 aromatic carbocycles. The number of hydrogen-bond donors (Lipinski definition) is 1. The van der Waals surface area contributed by atoms with Gasteiger partial charge in [0.05, 0.1) is 6.61 Å². The fourth-order valence-electron chi connectivity index (χ4n) is 1.69. The molecule has 1 rings (SSSR count). The van der Waals surface area contributed by atoms with E-state index in [-0.39, 0.29) is 0 Å². The van der Waals surface area contributed by atoms with E-state index in [1.165, 1.54) is 0 Å². The lowest BCUT2D eigenvalue weighted by atomic mass is 9.90. The third-order valence-corrected chi connectivity index (χ3v) is 2.93. The lowest BCUT2D eigenvalue weighted by Crippen LogP contribution is -2.64. The number of alkyl halides is 5. The van der Waals surface area contributed by atoms with Crippen LogP contribution in [0, 0.1) is 0 Å². The van der Waals surface area contributed by atoms with E-state index in [1.54, 1.807) is 0 Å². The molecule has 1 aliphatic heterocycles. The predicted molar refractivity (Wildman–Crippen MR) is 51.2 cm³/mol. The van der Waals surface area contributed by atoms with Crippen molar-refractivity contribution in [3.63, 3.8) is 0 Å². The lowest BCUT2D eigenvalue weighted by Gasteiger charge is -2.36. The molecule has 0 aromatic heterocycles. The molecule has 2 atom stereocenters. The van der Waals surface area contributed by atoms with Crippen molar-refractivity contribution in [2.45, 2.75) is 36.8 Å². The highest BCUT2D eigenvalue weighted by atomic mass is 19.4. The number of hydrogen-bond acceptors (Lipinski definition) is 4. The quantitative estimate of drug-likeness (QED) is 0.489. The normalized spacial score (nSPS) is 34.1. The van der Waals surface area contributed by atoms with Crippen LogP contribution < -0.4 is 0 Å². The number of esters is 1. The van der Waals surface area contributed by atoms with Gasteiger partial charge in [0.2, 0.25) is 5.60 Å². The summed E-state index contributed by atoms with van der Waals surface area (Å²) in [6.45, 7) is 2.75. The number of carbonyl (C=O) groups is 1. The van der Waals surface area contributed by atoms with Gasteiger partial charge in [-0.3, -0.25) is 0 Å². The molecule has 1 heterocycles. The molecular weight excluding hydrogens is 279 g/mol. The first-order valence-corrected chi connectivity index (χ1v) is 5.13. The van der Waals surface area contributed by atoms with Crippen molar-refractivity contribution < 1.29 is 41.3 Å². The Morgan fingerprint density at radius 1 is 1.53 bits per heavy atom. The van der Waals surface area contributed by atoms with Crippen LogP contribution >= 0.6 is 0 Å². The summed E-state index contributed by atoms with van der Waals surface area (Å²) in [5.74, 6) is -10.9. The van der Waals surface area contributed by atoms with Crippen molar-refractivity contribution in [3.05, 3.63) is 12.7 Å². The average molecular weight is 290 g/mol. The van der Waals surface area contributed by atoms with Crippen LogP contribution in [0.1, 0.15) is 13.3 Å². The maximum atomic E-state index is 13.9. The molecule has 110 valence electrons. The summed E-state index contributed by atoms with van der Waals surface area (Å²) in [7, 11) is 0. The minimum atomic E-state index is -5.74. The third-order valence-electron chi connectivity index (χ3n) is 2.93. The van der Waals surface area contributed by atoms with Crippen LogP contribution in [0.5, 0.6) is 0 Å². The van der Waals surface area contributed by atoms with Crippen LogP contribution in [0.3, 0.4) is 0 Å². The van der Waals surface area contributed by atoms with E-state index in [0.29, 0.717) is 6.08 Å². The molecule has 0 saturated carbocycles. The van der Waals surface area contributed by atoms with Gasteiger partial charge in [0.1, 0.15) is 0 Å². The van der Waals surface area contributed by atoms with Gasteiger partial charge in [-0.15, -0.1) is 0 Å². The molecule has 0 radical (unpaired) electrons. The first-order chi connectivity index (χ1) is 8.47. The second-order valence-corrected chi connectivity index (χ2v) is 3.98. The topological polar surface area (TPSA) is 55.8 Å². The van der Waals surface area contributed by atoms with Crippen LogP contribution in [0.25, 0.3) is 0 Å². The molecule has 4 nitrogen and oxygen atoms in total. The van der Waals surface area contributed by atoms with E-state index >= 15 is 0 Å². The molecule has 1 aliphatic rings. The van der Waals surface area contributed by atoms with Crippen molar-refractivity contribution >= 4 is 5.97 Å². The minimum Gasteiger partial charge on any atom is -0.447 e. The standard InChI is InChI=1S/C10H11F5O4/c1-3-6(16)19-7(4-2)5-18-9(17,8(7,11)12)10(13,14)15/h3,17H,1,4-5H2,2H3. The van der Waals surface area contributed by atoms with Gasteiger partial charge in [-0.25, -0.2) is 4.79 Å². The maximum Gasteiger partial charge on any atom is 0.449 e. The highest BCUT2D eigenvalue weighted by Gasteiger charge is 2.83.